The molecule has 0 saturated heterocycles. The van der Waals surface area contributed by atoms with Crippen molar-refractivity contribution in [2.45, 2.75) is 38.4 Å². The average Bonchev–Trinajstić information content (AvgIpc) is 2.02. The summed E-state index contributed by atoms with van der Waals surface area (Å²) in [6.45, 7) is 8.15. The van der Waals surface area contributed by atoms with Crippen molar-refractivity contribution in [3.05, 3.63) is 12.7 Å². The molecule has 0 bridgehead atoms. The standard InChI is InChI=1S/C10H17NS/c1-4-10(12-8-11)7-5-6-9(2)3/h4,9-10H,1,5-7H2,2-3H3. The molecule has 68 valence electrons. The number of nitriles is 1. The van der Waals surface area contributed by atoms with Crippen molar-refractivity contribution in [3.63, 3.8) is 0 Å². The Bertz CT molecular complexity index is 158. The van der Waals surface area contributed by atoms with E-state index in [9.17, 15) is 0 Å². The average molecular weight is 183 g/mol. The lowest BCUT2D eigenvalue weighted by molar-refractivity contribution is 0.543. The molecule has 0 aromatic rings. The van der Waals surface area contributed by atoms with Gasteiger partial charge in [-0.3, -0.25) is 0 Å². The third kappa shape index (κ3) is 6.30. The zero-order chi connectivity index (χ0) is 9.40. The van der Waals surface area contributed by atoms with Gasteiger partial charge in [0.2, 0.25) is 0 Å². The van der Waals surface area contributed by atoms with Crippen LogP contribution in [0.1, 0.15) is 33.1 Å². The highest BCUT2D eigenvalue weighted by molar-refractivity contribution is 8.04. The molecule has 0 N–H and O–H groups in total. The zero-order valence-electron chi connectivity index (χ0n) is 7.92. The Hall–Kier alpha value is -0.420. The minimum Gasteiger partial charge on any atom is -0.185 e. The molecule has 0 saturated carbocycles. The summed E-state index contributed by atoms with van der Waals surface area (Å²) in [5.41, 5.74) is 0. The molecule has 1 atom stereocenters. The van der Waals surface area contributed by atoms with E-state index in [1.807, 2.05) is 6.08 Å². The normalized spacial score (nSPS) is 12.5. The summed E-state index contributed by atoms with van der Waals surface area (Å²) >= 11 is 1.32. The summed E-state index contributed by atoms with van der Waals surface area (Å²) in [4.78, 5) is 0. The molecule has 12 heavy (non-hydrogen) atoms. The molecule has 0 rings (SSSR count). The smallest absolute Gasteiger partial charge is 0.133 e. The first-order valence-electron chi connectivity index (χ1n) is 4.38. The summed E-state index contributed by atoms with van der Waals surface area (Å²) in [6, 6.07) is 0. The highest BCUT2D eigenvalue weighted by Crippen LogP contribution is 2.18. The van der Waals surface area contributed by atoms with Crippen molar-refractivity contribution in [1.29, 1.82) is 5.26 Å². The lowest BCUT2D eigenvalue weighted by Crippen LogP contribution is -1.97. The molecular formula is C10H17NS. The minimum atomic E-state index is 0.328. The van der Waals surface area contributed by atoms with E-state index < -0.39 is 0 Å². The van der Waals surface area contributed by atoms with Crippen molar-refractivity contribution >= 4 is 11.8 Å². The molecule has 0 aromatic carbocycles. The quantitative estimate of drug-likeness (QED) is 0.464. The van der Waals surface area contributed by atoms with Crippen LogP contribution in [0.25, 0.3) is 0 Å². The van der Waals surface area contributed by atoms with Gasteiger partial charge in [-0.05, 0) is 24.1 Å². The summed E-state index contributed by atoms with van der Waals surface area (Å²) in [5, 5.41) is 10.9. The minimum absolute atomic E-state index is 0.328. The van der Waals surface area contributed by atoms with Crippen LogP contribution in [0.15, 0.2) is 12.7 Å². The fraction of sp³-hybridized carbons (Fsp3) is 0.700. The zero-order valence-corrected chi connectivity index (χ0v) is 8.73. The van der Waals surface area contributed by atoms with Gasteiger partial charge >= 0.3 is 0 Å². The SMILES string of the molecule is C=CC(CCCC(C)C)SC#N. The van der Waals surface area contributed by atoms with Crippen molar-refractivity contribution < 1.29 is 0 Å². The molecule has 0 aliphatic heterocycles. The van der Waals surface area contributed by atoms with Gasteiger partial charge in [0.25, 0.3) is 0 Å². The van der Waals surface area contributed by atoms with Crippen molar-refractivity contribution in [2.24, 2.45) is 5.92 Å². The predicted octanol–water partition coefficient (Wildman–Crippen LogP) is 3.58. The van der Waals surface area contributed by atoms with Crippen LogP contribution >= 0.6 is 11.8 Å². The Morgan fingerprint density at radius 2 is 2.17 bits per heavy atom. The van der Waals surface area contributed by atoms with E-state index >= 15 is 0 Å². The van der Waals surface area contributed by atoms with Gasteiger partial charge in [-0.1, -0.05) is 32.8 Å². The van der Waals surface area contributed by atoms with E-state index in [1.54, 1.807) is 0 Å². The molecule has 0 amide bonds. The fourth-order valence-electron chi connectivity index (χ4n) is 1.02. The Morgan fingerprint density at radius 1 is 1.50 bits per heavy atom. The number of thiocyanates is 1. The van der Waals surface area contributed by atoms with Gasteiger partial charge in [0.1, 0.15) is 5.40 Å². The highest BCUT2D eigenvalue weighted by Gasteiger charge is 2.04. The van der Waals surface area contributed by atoms with Crippen LogP contribution in [0.4, 0.5) is 0 Å². The number of hydrogen-bond donors (Lipinski definition) is 0. The topological polar surface area (TPSA) is 23.8 Å². The van der Waals surface area contributed by atoms with Gasteiger partial charge in [0, 0.05) is 5.25 Å². The van der Waals surface area contributed by atoms with Crippen LogP contribution in [0.5, 0.6) is 0 Å². The van der Waals surface area contributed by atoms with E-state index in [1.165, 1.54) is 24.6 Å². The second-order valence-corrected chi connectivity index (χ2v) is 4.33. The van der Waals surface area contributed by atoms with Crippen molar-refractivity contribution in [1.82, 2.24) is 0 Å². The molecule has 0 spiro atoms. The second-order valence-electron chi connectivity index (χ2n) is 3.31. The second kappa shape index (κ2) is 7.24. The van der Waals surface area contributed by atoms with Crippen LogP contribution in [-0.2, 0) is 0 Å². The molecule has 0 aliphatic carbocycles. The molecule has 2 heteroatoms. The summed E-state index contributed by atoms with van der Waals surface area (Å²) < 4.78 is 0. The third-order valence-corrected chi connectivity index (χ3v) is 2.57. The lowest BCUT2D eigenvalue weighted by Gasteiger charge is -2.08. The fourth-order valence-corrected chi connectivity index (χ4v) is 1.54. The highest BCUT2D eigenvalue weighted by atomic mass is 32.2. The lowest BCUT2D eigenvalue weighted by atomic mass is 10.1. The monoisotopic (exact) mass is 183 g/mol. The number of hydrogen-bond acceptors (Lipinski definition) is 2. The van der Waals surface area contributed by atoms with Gasteiger partial charge in [-0.15, -0.1) is 6.58 Å². The van der Waals surface area contributed by atoms with Gasteiger partial charge < -0.3 is 0 Å². The maximum absolute atomic E-state index is 8.44. The number of thioether (sulfide) groups is 1. The summed E-state index contributed by atoms with van der Waals surface area (Å²) in [5.74, 6) is 0.766. The molecule has 0 aromatic heterocycles. The van der Waals surface area contributed by atoms with E-state index in [0.29, 0.717) is 5.25 Å². The Balaban J connectivity index is 3.46. The van der Waals surface area contributed by atoms with Crippen molar-refractivity contribution in [2.75, 3.05) is 0 Å². The van der Waals surface area contributed by atoms with Crippen LogP contribution in [0.3, 0.4) is 0 Å². The van der Waals surface area contributed by atoms with Gasteiger partial charge in [0.15, 0.2) is 0 Å². The maximum Gasteiger partial charge on any atom is 0.133 e. The van der Waals surface area contributed by atoms with E-state index in [4.69, 9.17) is 5.26 Å². The van der Waals surface area contributed by atoms with Crippen LogP contribution in [0.2, 0.25) is 0 Å². The van der Waals surface area contributed by atoms with Crippen LogP contribution < -0.4 is 0 Å². The van der Waals surface area contributed by atoms with Gasteiger partial charge in [-0.2, -0.15) is 5.26 Å². The first-order chi connectivity index (χ1) is 5.70. The van der Waals surface area contributed by atoms with Gasteiger partial charge in [0.05, 0.1) is 0 Å². The molecule has 1 unspecified atom stereocenters. The molecule has 1 nitrogen and oxygen atoms in total. The number of nitrogens with zero attached hydrogens (tertiary/aromatic N) is 1. The summed E-state index contributed by atoms with van der Waals surface area (Å²) in [7, 11) is 0. The maximum atomic E-state index is 8.44. The Labute approximate surface area is 79.8 Å². The molecule has 0 fully saturated rings. The number of rotatable bonds is 6. The van der Waals surface area contributed by atoms with Crippen LogP contribution in [-0.4, -0.2) is 5.25 Å². The third-order valence-electron chi connectivity index (χ3n) is 1.74. The van der Waals surface area contributed by atoms with Crippen LogP contribution in [0, 0.1) is 16.6 Å². The first kappa shape index (κ1) is 11.6. The Kier molecular flexibility index (Phi) is 6.99. The largest absolute Gasteiger partial charge is 0.185 e. The van der Waals surface area contributed by atoms with E-state index in [-0.39, 0.29) is 0 Å². The predicted molar refractivity (Wildman–Crippen MR) is 55.9 cm³/mol. The molecular weight excluding hydrogens is 166 g/mol. The molecule has 0 heterocycles. The first-order valence-corrected chi connectivity index (χ1v) is 5.26. The molecule has 0 radical (unpaired) electrons. The van der Waals surface area contributed by atoms with Crippen molar-refractivity contribution in [3.8, 4) is 5.40 Å². The summed E-state index contributed by atoms with van der Waals surface area (Å²) in [6.07, 6.45) is 5.40. The van der Waals surface area contributed by atoms with E-state index in [2.05, 4.69) is 25.8 Å². The Morgan fingerprint density at radius 3 is 2.58 bits per heavy atom. The van der Waals surface area contributed by atoms with E-state index in [0.717, 1.165) is 12.3 Å². The van der Waals surface area contributed by atoms with Gasteiger partial charge in [-0.25, -0.2) is 0 Å². The molecule has 0 aliphatic rings.